The number of carbonyl (C=O) groups excluding carboxylic acids is 2. The average molecular weight is 507 g/mol. The number of carbonyl (C=O) groups is 2. The SMILES string of the molecule is COc1cc(CN2CC3CN(C(=O)C[C@H](N)Cc4cc(F)c(F)cc4F)CCN3C2=O)cc(OC)c1. The summed E-state index contributed by atoms with van der Waals surface area (Å²) >= 11 is 0. The standard InChI is InChI=1S/C25H29F3N4O4/c1-35-19-5-15(6-20(10-19)36-2)12-31-14-18-13-30(3-4-32(18)25(31)34)24(33)9-17(29)7-16-8-22(27)23(28)11-21(16)26/h5-6,8,10-11,17-18H,3-4,7,9,12-14,29H2,1-2H3/t17-,18?/m1/s1. The van der Waals surface area contributed by atoms with E-state index in [1.807, 2.05) is 12.1 Å². The molecule has 3 amide bonds. The minimum Gasteiger partial charge on any atom is -0.497 e. The molecule has 0 aromatic heterocycles. The van der Waals surface area contributed by atoms with E-state index in [-0.39, 0.29) is 36.4 Å². The number of rotatable bonds is 8. The van der Waals surface area contributed by atoms with Crippen LogP contribution in [0.3, 0.4) is 0 Å². The molecule has 1 unspecified atom stereocenters. The van der Waals surface area contributed by atoms with E-state index in [1.54, 1.807) is 35.0 Å². The van der Waals surface area contributed by atoms with Crippen molar-refractivity contribution in [3.05, 3.63) is 58.9 Å². The first-order valence-electron chi connectivity index (χ1n) is 11.6. The molecule has 2 atom stereocenters. The third-order valence-electron chi connectivity index (χ3n) is 6.58. The average Bonchev–Trinajstić information content (AvgIpc) is 3.16. The zero-order valence-electron chi connectivity index (χ0n) is 20.2. The summed E-state index contributed by atoms with van der Waals surface area (Å²) in [5.74, 6) is -2.30. The predicted octanol–water partition coefficient (Wildman–Crippen LogP) is 2.53. The highest BCUT2D eigenvalue weighted by molar-refractivity contribution is 5.80. The van der Waals surface area contributed by atoms with E-state index in [0.717, 1.165) is 11.6 Å². The fraction of sp³-hybridized carbons (Fsp3) is 0.440. The number of piperazine rings is 1. The van der Waals surface area contributed by atoms with E-state index >= 15 is 0 Å². The number of methoxy groups -OCH3 is 2. The highest BCUT2D eigenvalue weighted by Crippen LogP contribution is 2.27. The lowest BCUT2D eigenvalue weighted by Gasteiger charge is -2.36. The fourth-order valence-corrected chi connectivity index (χ4v) is 4.74. The predicted molar refractivity (Wildman–Crippen MR) is 125 cm³/mol. The molecular weight excluding hydrogens is 477 g/mol. The van der Waals surface area contributed by atoms with Crippen molar-refractivity contribution < 1.29 is 32.2 Å². The van der Waals surface area contributed by atoms with E-state index in [0.29, 0.717) is 50.3 Å². The molecule has 2 saturated heterocycles. The van der Waals surface area contributed by atoms with Gasteiger partial charge in [-0.05, 0) is 35.7 Å². The second-order valence-electron chi connectivity index (χ2n) is 9.10. The molecule has 11 heteroatoms. The second-order valence-corrected chi connectivity index (χ2v) is 9.10. The molecule has 0 saturated carbocycles. The van der Waals surface area contributed by atoms with Crippen LogP contribution in [0.15, 0.2) is 30.3 Å². The number of fused-ring (bicyclic) bond motifs is 1. The van der Waals surface area contributed by atoms with Crippen LogP contribution in [-0.4, -0.2) is 79.1 Å². The van der Waals surface area contributed by atoms with Gasteiger partial charge in [-0.3, -0.25) is 4.79 Å². The van der Waals surface area contributed by atoms with Gasteiger partial charge in [0.1, 0.15) is 17.3 Å². The van der Waals surface area contributed by atoms with Crippen LogP contribution in [0.4, 0.5) is 18.0 Å². The lowest BCUT2D eigenvalue weighted by molar-refractivity contribution is -0.133. The Kier molecular flexibility index (Phi) is 7.58. The quantitative estimate of drug-likeness (QED) is 0.556. The van der Waals surface area contributed by atoms with Crippen molar-refractivity contribution in [3.8, 4) is 11.5 Å². The van der Waals surface area contributed by atoms with Gasteiger partial charge >= 0.3 is 6.03 Å². The van der Waals surface area contributed by atoms with Gasteiger partial charge in [-0.2, -0.15) is 0 Å². The number of amides is 3. The smallest absolute Gasteiger partial charge is 0.320 e. The maximum atomic E-state index is 13.9. The Hall–Kier alpha value is -3.47. The number of nitrogens with zero attached hydrogens (tertiary/aromatic N) is 3. The van der Waals surface area contributed by atoms with Crippen LogP contribution in [0, 0.1) is 17.5 Å². The third kappa shape index (κ3) is 5.51. The second kappa shape index (κ2) is 10.7. The molecule has 0 bridgehead atoms. The van der Waals surface area contributed by atoms with Gasteiger partial charge in [0.2, 0.25) is 5.91 Å². The van der Waals surface area contributed by atoms with Crippen LogP contribution in [0.2, 0.25) is 0 Å². The van der Waals surface area contributed by atoms with Gasteiger partial charge in [-0.1, -0.05) is 0 Å². The molecule has 8 nitrogen and oxygen atoms in total. The molecule has 0 aliphatic carbocycles. The third-order valence-corrected chi connectivity index (χ3v) is 6.58. The van der Waals surface area contributed by atoms with E-state index < -0.39 is 23.5 Å². The summed E-state index contributed by atoms with van der Waals surface area (Å²) in [5, 5.41) is 0. The summed E-state index contributed by atoms with van der Waals surface area (Å²) in [6, 6.07) is 5.67. The Morgan fingerprint density at radius 2 is 1.67 bits per heavy atom. The first kappa shape index (κ1) is 25.6. The largest absolute Gasteiger partial charge is 0.497 e. The summed E-state index contributed by atoms with van der Waals surface area (Å²) in [5.41, 5.74) is 6.82. The highest BCUT2D eigenvalue weighted by atomic mass is 19.2. The first-order chi connectivity index (χ1) is 17.2. The summed E-state index contributed by atoms with van der Waals surface area (Å²) in [7, 11) is 3.12. The van der Waals surface area contributed by atoms with Gasteiger partial charge in [-0.25, -0.2) is 18.0 Å². The van der Waals surface area contributed by atoms with Crippen molar-refractivity contribution >= 4 is 11.9 Å². The number of nitrogens with two attached hydrogens (primary N) is 1. The van der Waals surface area contributed by atoms with E-state index in [9.17, 15) is 22.8 Å². The van der Waals surface area contributed by atoms with Gasteiger partial charge < -0.3 is 29.9 Å². The van der Waals surface area contributed by atoms with Crippen LogP contribution in [0.25, 0.3) is 0 Å². The zero-order chi connectivity index (χ0) is 26.0. The maximum absolute atomic E-state index is 13.9. The molecule has 4 rings (SSSR count). The number of hydrogen-bond donors (Lipinski definition) is 1. The Bertz CT molecular complexity index is 1130. The molecule has 2 aromatic rings. The Morgan fingerprint density at radius 3 is 2.33 bits per heavy atom. The first-order valence-corrected chi connectivity index (χ1v) is 11.6. The Labute approximate surface area is 207 Å². The number of urea groups is 1. The van der Waals surface area contributed by atoms with Gasteiger partial charge in [0.25, 0.3) is 0 Å². The number of hydrogen-bond acceptors (Lipinski definition) is 5. The van der Waals surface area contributed by atoms with Gasteiger partial charge in [-0.15, -0.1) is 0 Å². The molecule has 194 valence electrons. The number of halogens is 3. The molecule has 2 heterocycles. The molecule has 0 radical (unpaired) electrons. The molecular formula is C25H29F3N4O4. The van der Waals surface area contributed by atoms with E-state index in [1.165, 1.54) is 0 Å². The van der Waals surface area contributed by atoms with E-state index in [2.05, 4.69) is 0 Å². The molecule has 2 aromatic carbocycles. The maximum Gasteiger partial charge on any atom is 0.320 e. The van der Waals surface area contributed by atoms with Crippen LogP contribution in [0.5, 0.6) is 11.5 Å². The normalized spacial score (nSPS) is 18.3. The molecule has 0 spiro atoms. The van der Waals surface area contributed by atoms with Crippen LogP contribution < -0.4 is 15.2 Å². The molecule has 2 N–H and O–H groups in total. The van der Waals surface area contributed by atoms with Crippen LogP contribution in [-0.2, 0) is 17.8 Å². The van der Waals surface area contributed by atoms with Gasteiger partial charge in [0.05, 0.1) is 20.3 Å². The Morgan fingerprint density at radius 1 is 1.00 bits per heavy atom. The minimum atomic E-state index is -1.27. The van der Waals surface area contributed by atoms with Crippen molar-refractivity contribution in [3.63, 3.8) is 0 Å². The van der Waals surface area contributed by atoms with Crippen LogP contribution >= 0.6 is 0 Å². The highest BCUT2D eigenvalue weighted by Gasteiger charge is 2.41. The number of benzene rings is 2. The molecule has 2 fully saturated rings. The van der Waals surface area contributed by atoms with Gasteiger partial charge in [0.15, 0.2) is 11.6 Å². The molecule has 2 aliphatic heterocycles. The van der Waals surface area contributed by atoms with Gasteiger partial charge in [0, 0.05) is 57.3 Å². The monoisotopic (exact) mass is 506 g/mol. The van der Waals surface area contributed by atoms with Crippen molar-refractivity contribution in [1.29, 1.82) is 0 Å². The topological polar surface area (TPSA) is 88.3 Å². The summed E-state index contributed by atoms with van der Waals surface area (Å²) < 4.78 is 51.2. The van der Waals surface area contributed by atoms with Crippen molar-refractivity contribution in [2.24, 2.45) is 5.73 Å². The van der Waals surface area contributed by atoms with E-state index in [4.69, 9.17) is 15.2 Å². The molecule has 2 aliphatic rings. The number of ether oxygens (including phenoxy) is 2. The fourth-order valence-electron chi connectivity index (χ4n) is 4.74. The molecule has 36 heavy (non-hydrogen) atoms. The van der Waals surface area contributed by atoms with Crippen molar-refractivity contribution in [1.82, 2.24) is 14.7 Å². The van der Waals surface area contributed by atoms with Crippen molar-refractivity contribution in [2.75, 3.05) is 40.4 Å². The summed E-state index contributed by atoms with van der Waals surface area (Å²) in [6.07, 6.45) is -0.180. The zero-order valence-corrected chi connectivity index (χ0v) is 20.2. The summed E-state index contributed by atoms with van der Waals surface area (Å²) in [4.78, 5) is 31.0. The lowest BCUT2D eigenvalue weighted by Crippen LogP contribution is -2.54. The van der Waals surface area contributed by atoms with Crippen LogP contribution in [0.1, 0.15) is 17.5 Å². The van der Waals surface area contributed by atoms with Crippen molar-refractivity contribution in [2.45, 2.75) is 31.5 Å². The minimum absolute atomic E-state index is 0.0770. The lowest BCUT2D eigenvalue weighted by atomic mass is 10.0. The Balaban J connectivity index is 1.34. The summed E-state index contributed by atoms with van der Waals surface area (Å²) in [6.45, 7) is 1.93.